The fraction of sp³-hybridized carbons (Fsp3) is 0.529. The molecule has 2 rings (SSSR count). The largest absolute Gasteiger partial charge is 0.444 e. The maximum absolute atomic E-state index is 13.1. The summed E-state index contributed by atoms with van der Waals surface area (Å²) in [5.41, 5.74) is -0.183. The van der Waals surface area contributed by atoms with Crippen LogP contribution in [0.4, 0.5) is 9.18 Å². The highest BCUT2D eigenvalue weighted by atomic mass is 79.9. The van der Waals surface area contributed by atoms with Gasteiger partial charge in [0.15, 0.2) is 0 Å². The number of nitrogens with one attached hydrogen (secondary N) is 1. The van der Waals surface area contributed by atoms with Gasteiger partial charge in [0.05, 0.1) is 5.56 Å². The summed E-state index contributed by atoms with van der Waals surface area (Å²) in [4.78, 5) is 26.1. The minimum Gasteiger partial charge on any atom is -0.444 e. The van der Waals surface area contributed by atoms with Crippen LogP contribution >= 0.6 is 15.9 Å². The van der Waals surface area contributed by atoms with Crippen LogP contribution in [-0.2, 0) is 4.74 Å². The van der Waals surface area contributed by atoms with E-state index in [0.29, 0.717) is 23.1 Å². The summed E-state index contributed by atoms with van der Waals surface area (Å²) in [5, 5.41) is 2.90. The van der Waals surface area contributed by atoms with Gasteiger partial charge in [0, 0.05) is 23.6 Å². The molecule has 1 N–H and O–H groups in total. The molecule has 1 saturated heterocycles. The molecule has 24 heavy (non-hydrogen) atoms. The molecular formula is C17H22BrFN2O3. The molecular weight excluding hydrogens is 379 g/mol. The number of carbonyl (C=O) groups excluding carboxylic acids is 2. The molecule has 0 spiro atoms. The summed E-state index contributed by atoms with van der Waals surface area (Å²) in [6.45, 7) is 6.47. The zero-order valence-electron chi connectivity index (χ0n) is 14.1. The van der Waals surface area contributed by atoms with Crippen LogP contribution in [0.2, 0.25) is 0 Å². The Kier molecular flexibility index (Phi) is 5.85. The van der Waals surface area contributed by atoms with Gasteiger partial charge in [-0.15, -0.1) is 0 Å². The number of ether oxygens (including phenoxy) is 1. The highest BCUT2D eigenvalue weighted by molar-refractivity contribution is 9.10. The van der Waals surface area contributed by atoms with Gasteiger partial charge >= 0.3 is 6.09 Å². The highest BCUT2D eigenvalue weighted by Gasteiger charge is 2.28. The van der Waals surface area contributed by atoms with Crippen LogP contribution in [0.15, 0.2) is 22.7 Å². The quantitative estimate of drug-likeness (QED) is 0.822. The van der Waals surface area contributed by atoms with Gasteiger partial charge < -0.3 is 15.0 Å². The predicted molar refractivity (Wildman–Crippen MR) is 92.4 cm³/mol. The number of nitrogens with zero attached hydrogens (tertiary/aromatic N) is 1. The van der Waals surface area contributed by atoms with Crippen molar-refractivity contribution in [1.82, 2.24) is 10.2 Å². The lowest BCUT2D eigenvalue weighted by Crippen LogP contribution is -2.50. The minimum absolute atomic E-state index is 0.157. The summed E-state index contributed by atoms with van der Waals surface area (Å²) in [6.07, 6.45) is 1.20. The Hall–Kier alpha value is -1.63. The number of amides is 2. The smallest absolute Gasteiger partial charge is 0.410 e. The monoisotopic (exact) mass is 400 g/mol. The Bertz CT molecular complexity index is 631. The Morgan fingerprint density at radius 3 is 2.71 bits per heavy atom. The van der Waals surface area contributed by atoms with Crippen LogP contribution in [0.5, 0.6) is 0 Å². The summed E-state index contributed by atoms with van der Waals surface area (Å²) in [5.74, 6) is -0.704. The molecule has 2 amide bonds. The van der Waals surface area contributed by atoms with E-state index in [1.165, 1.54) is 18.2 Å². The lowest BCUT2D eigenvalue weighted by molar-refractivity contribution is 0.0185. The van der Waals surface area contributed by atoms with E-state index in [2.05, 4.69) is 21.2 Å². The SMILES string of the molecule is CC(C)(C)OC(=O)N1CCC[C@H](NC(=O)c2ccc(F)cc2Br)C1. The van der Waals surface area contributed by atoms with Crippen molar-refractivity contribution in [2.24, 2.45) is 0 Å². The number of rotatable bonds is 2. The van der Waals surface area contributed by atoms with Gasteiger partial charge in [-0.3, -0.25) is 4.79 Å². The number of piperidine rings is 1. The second-order valence-corrected chi connectivity index (χ2v) is 7.72. The van der Waals surface area contributed by atoms with Crippen LogP contribution in [0.25, 0.3) is 0 Å². The van der Waals surface area contributed by atoms with Crippen molar-refractivity contribution in [3.8, 4) is 0 Å². The molecule has 1 aromatic carbocycles. The zero-order valence-corrected chi connectivity index (χ0v) is 15.7. The Labute approximate surface area is 149 Å². The zero-order chi connectivity index (χ0) is 17.9. The third-order valence-corrected chi connectivity index (χ3v) is 4.24. The van der Waals surface area contributed by atoms with Crippen molar-refractivity contribution >= 4 is 27.9 Å². The molecule has 1 atom stereocenters. The minimum atomic E-state index is -0.549. The first-order valence-corrected chi connectivity index (χ1v) is 8.69. The molecule has 1 aliphatic heterocycles. The van der Waals surface area contributed by atoms with Crippen LogP contribution in [-0.4, -0.2) is 41.6 Å². The normalized spacial score (nSPS) is 18.2. The third-order valence-electron chi connectivity index (χ3n) is 3.58. The number of carbonyl (C=O) groups is 2. The van der Waals surface area contributed by atoms with Crippen LogP contribution in [0, 0.1) is 5.82 Å². The Morgan fingerprint density at radius 2 is 2.08 bits per heavy atom. The number of likely N-dealkylation sites (tertiary alicyclic amines) is 1. The average molecular weight is 401 g/mol. The molecule has 0 unspecified atom stereocenters. The highest BCUT2D eigenvalue weighted by Crippen LogP contribution is 2.19. The lowest BCUT2D eigenvalue weighted by Gasteiger charge is -2.34. The van der Waals surface area contributed by atoms with Crippen molar-refractivity contribution in [3.05, 3.63) is 34.1 Å². The summed E-state index contributed by atoms with van der Waals surface area (Å²) < 4.78 is 18.9. The van der Waals surface area contributed by atoms with Gasteiger partial charge in [0.25, 0.3) is 5.91 Å². The van der Waals surface area contributed by atoms with E-state index < -0.39 is 11.4 Å². The van der Waals surface area contributed by atoms with Crippen molar-refractivity contribution in [3.63, 3.8) is 0 Å². The van der Waals surface area contributed by atoms with E-state index in [1.54, 1.807) is 4.90 Å². The summed E-state index contributed by atoms with van der Waals surface area (Å²) in [7, 11) is 0. The first kappa shape index (κ1) is 18.7. The maximum Gasteiger partial charge on any atom is 0.410 e. The predicted octanol–water partition coefficient (Wildman–Crippen LogP) is 3.72. The topological polar surface area (TPSA) is 58.6 Å². The second-order valence-electron chi connectivity index (χ2n) is 6.86. The molecule has 0 bridgehead atoms. The number of hydrogen-bond donors (Lipinski definition) is 1. The van der Waals surface area contributed by atoms with Gasteiger partial charge in [-0.2, -0.15) is 0 Å². The molecule has 132 valence electrons. The van der Waals surface area contributed by atoms with Crippen LogP contribution in [0.1, 0.15) is 44.0 Å². The number of halogens is 2. The van der Waals surface area contributed by atoms with Crippen molar-refractivity contribution in [2.75, 3.05) is 13.1 Å². The van der Waals surface area contributed by atoms with Gasteiger partial charge in [-0.25, -0.2) is 9.18 Å². The fourth-order valence-corrected chi connectivity index (χ4v) is 3.05. The number of hydrogen-bond acceptors (Lipinski definition) is 3. The van der Waals surface area contributed by atoms with Crippen molar-refractivity contribution in [2.45, 2.75) is 45.3 Å². The molecule has 0 aromatic heterocycles. The second kappa shape index (κ2) is 7.51. The van der Waals surface area contributed by atoms with Crippen molar-refractivity contribution < 1.29 is 18.7 Å². The van der Waals surface area contributed by atoms with Gasteiger partial charge in [-0.1, -0.05) is 0 Å². The Balaban J connectivity index is 1.97. The van der Waals surface area contributed by atoms with E-state index in [-0.39, 0.29) is 18.0 Å². The summed E-state index contributed by atoms with van der Waals surface area (Å²) >= 11 is 3.20. The third kappa shape index (κ3) is 5.19. The van der Waals surface area contributed by atoms with E-state index in [0.717, 1.165) is 12.8 Å². The maximum atomic E-state index is 13.1. The molecule has 0 saturated carbocycles. The molecule has 7 heteroatoms. The molecule has 1 heterocycles. The fourth-order valence-electron chi connectivity index (χ4n) is 2.52. The van der Waals surface area contributed by atoms with Gasteiger partial charge in [0.1, 0.15) is 11.4 Å². The lowest BCUT2D eigenvalue weighted by atomic mass is 10.1. The molecule has 1 aliphatic rings. The average Bonchev–Trinajstić information content (AvgIpc) is 2.45. The van der Waals surface area contributed by atoms with E-state index in [1.807, 2.05) is 20.8 Å². The Morgan fingerprint density at radius 1 is 1.38 bits per heavy atom. The van der Waals surface area contributed by atoms with Crippen molar-refractivity contribution in [1.29, 1.82) is 0 Å². The number of benzene rings is 1. The van der Waals surface area contributed by atoms with Crippen LogP contribution < -0.4 is 5.32 Å². The van der Waals surface area contributed by atoms with E-state index >= 15 is 0 Å². The molecule has 1 aromatic rings. The van der Waals surface area contributed by atoms with Gasteiger partial charge in [-0.05, 0) is 67.7 Å². The van der Waals surface area contributed by atoms with Gasteiger partial charge in [0.2, 0.25) is 0 Å². The van der Waals surface area contributed by atoms with Crippen LogP contribution in [0.3, 0.4) is 0 Å². The summed E-state index contributed by atoms with van der Waals surface area (Å²) in [6, 6.07) is 3.77. The standard InChI is InChI=1S/C17H22BrFN2O3/c1-17(2,3)24-16(23)21-8-4-5-12(10-21)20-15(22)13-7-6-11(19)9-14(13)18/h6-7,9,12H,4-5,8,10H2,1-3H3,(H,20,22)/t12-/m0/s1. The first-order valence-electron chi connectivity index (χ1n) is 7.89. The molecule has 1 fully saturated rings. The first-order chi connectivity index (χ1) is 11.2. The molecule has 5 nitrogen and oxygen atoms in total. The molecule has 0 aliphatic carbocycles. The van der Waals surface area contributed by atoms with E-state index in [4.69, 9.17) is 4.74 Å². The molecule has 0 radical (unpaired) electrons. The van der Waals surface area contributed by atoms with E-state index in [9.17, 15) is 14.0 Å².